The summed E-state index contributed by atoms with van der Waals surface area (Å²) in [4.78, 5) is 30.1. The predicted molar refractivity (Wildman–Crippen MR) is 115 cm³/mol. The molecule has 1 aliphatic rings. The number of aromatic nitrogens is 4. The molecule has 0 saturated heterocycles. The van der Waals surface area contributed by atoms with Gasteiger partial charge in [0.2, 0.25) is 0 Å². The Morgan fingerprint density at radius 2 is 1.28 bits per heavy atom. The molecule has 10 nitrogen and oxygen atoms in total. The van der Waals surface area contributed by atoms with E-state index in [9.17, 15) is 20.1 Å². The number of para-hydroxylation sites is 2. The zero-order valence-corrected chi connectivity index (χ0v) is 17.8. The van der Waals surface area contributed by atoms with Crippen LogP contribution in [-0.4, -0.2) is 44.5 Å². The van der Waals surface area contributed by atoms with Crippen molar-refractivity contribution < 1.29 is 9.59 Å². The fourth-order valence-corrected chi connectivity index (χ4v) is 3.93. The summed E-state index contributed by atoms with van der Waals surface area (Å²) in [7, 11) is 3.21. The molecule has 2 amide bonds. The number of hydrogen-bond donors (Lipinski definition) is 0. The average molecular weight is 428 g/mol. The largest absolute Gasteiger partial charge is 0.306 e. The number of amides is 2. The van der Waals surface area contributed by atoms with Gasteiger partial charge >= 0.3 is 0 Å². The van der Waals surface area contributed by atoms with Gasteiger partial charge in [-0.15, -0.1) is 0 Å². The normalized spacial score (nSPS) is 13.8. The van der Waals surface area contributed by atoms with Gasteiger partial charge in [0.05, 0.1) is 34.9 Å². The molecular formula is C22H20N8O2. The number of rotatable bonds is 2. The third-order valence-corrected chi connectivity index (χ3v) is 5.49. The summed E-state index contributed by atoms with van der Waals surface area (Å²) >= 11 is 0. The molecule has 3 aromatic rings. The maximum atomic E-state index is 13.5. The minimum absolute atomic E-state index is 0.0836. The molecule has 0 spiro atoms. The molecule has 32 heavy (non-hydrogen) atoms. The second-order valence-electron chi connectivity index (χ2n) is 7.71. The minimum atomic E-state index is -0.359. The summed E-state index contributed by atoms with van der Waals surface area (Å²) < 4.78 is 2.73. The molecule has 1 aromatic carbocycles. The molecule has 0 atom stereocenters. The fraction of sp³-hybridized carbons (Fsp3) is 0.273. The van der Waals surface area contributed by atoms with Gasteiger partial charge in [-0.2, -0.15) is 20.7 Å². The highest BCUT2D eigenvalue weighted by Gasteiger charge is 2.34. The van der Waals surface area contributed by atoms with E-state index in [-0.39, 0.29) is 40.2 Å². The Labute approximate surface area is 184 Å². The smallest absolute Gasteiger partial charge is 0.262 e. The summed E-state index contributed by atoms with van der Waals surface area (Å²) in [5, 5.41) is 27.0. The van der Waals surface area contributed by atoms with Crippen LogP contribution < -0.4 is 9.80 Å². The molecule has 0 fully saturated rings. The van der Waals surface area contributed by atoms with E-state index in [2.05, 4.69) is 10.2 Å². The van der Waals surface area contributed by atoms with E-state index in [0.29, 0.717) is 24.5 Å². The lowest BCUT2D eigenvalue weighted by Crippen LogP contribution is -2.36. The van der Waals surface area contributed by atoms with Crippen LogP contribution in [0.5, 0.6) is 0 Å². The van der Waals surface area contributed by atoms with E-state index in [1.54, 1.807) is 48.2 Å². The summed E-state index contributed by atoms with van der Waals surface area (Å²) in [5.74, 6) is -0.801. The third kappa shape index (κ3) is 3.28. The second-order valence-corrected chi connectivity index (χ2v) is 7.71. The van der Waals surface area contributed by atoms with Gasteiger partial charge < -0.3 is 9.80 Å². The van der Waals surface area contributed by atoms with Gasteiger partial charge in [0, 0.05) is 27.2 Å². The first-order chi connectivity index (χ1) is 15.4. The summed E-state index contributed by atoms with van der Waals surface area (Å²) in [6.45, 7) is 2.63. The third-order valence-electron chi connectivity index (χ3n) is 5.49. The van der Waals surface area contributed by atoms with E-state index in [4.69, 9.17) is 0 Å². The van der Waals surface area contributed by atoms with E-state index in [1.165, 1.54) is 21.8 Å². The first-order valence-corrected chi connectivity index (χ1v) is 9.94. The number of benzene rings is 1. The van der Waals surface area contributed by atoms with Crippen LogP contribution in [0, 0.1) is 28.6 Å². The standard InChI is InChI=1S/C22H20N8O2/c1-14-12-29(21(31)15-10-25-27(2)19(15)8-23)17-6-4-5-7-18(17)30(13-14)22(32)16-11-26-28(3)20(16)9-24/h4-7,10-11,14H,12-13H2,1-3H3. The molecule has 160 valence electrons. The number of anilines is 2. The van der Waals surface area contributed by atoms with E-state index in [1.807, 2.05) is 19.1 Å². The molecule has 0 N–H and O–H groups in total. The molecule has 0 unspecified atom stereocenters. The van der Waals surface area contributed by atoms with Gasteiger partial charge in [-0.1, -0.05) is 19.1 Å². The fourth-order valence-electron chi connectivity index (χ4n) is 3.93. The number of nitriles is 2. The van der Waals surface area contributed by atoms with E-state index in [0.717, 1.165) is 0 Å². The summed E-state index contributed by atoms with van der Waals surface area (Å²) in [5.41, 5.74) is 1.85. The average Bonchev–Trinajstić information content (AvgIpc) is 3.31. The first kappa shape index (κ1) is 20.8. The quantitative estimate of drug-likeness (QED) is 0.613. The first-order valence-electron chi connectivity index (χ1n) is 9.94. The van der Waals surface area contributed by atoms with Crippen molar-refractivity contribution in [3.8, 4) is 12.1 Å². The Morgan fingerprint density at radius 1 is 0.875 bits per heavy atom. The lowest BCUT2D eigenvalue weighted by Gasteiger charge is -2.25. The van der Waals surface area contributed by atoms with Gasteiger partial charge in [0.25, 0.3) is 11.8 Å². The van der Waals surface area contributed by atoms with Crippen LogP contribution in [0.3, 0.4) is 0 Å². The number of carbonyl (C=O) groups is 2. The van der Waals surface area contributed by atoms with Gasteiger partial charge in [0.15, 0.2) is 11.4 Å². The molecule has 0 radical (unpaired) electrons. The van der Waals surface area contributed by atoms with Crippen LogP contribution in [0.15, 0.2) is 36.7 Å². The monoisotopic (exact) mass is 428 g/mol. The summed E-state index contributed by atoms with van der Waals surface area (Å²) in [6, 6.07) is 11.2. The van der Waals surface area contributed by atoms with Crippen LogP contribution >= 0.6 is 0 Å². The number of aryl methyl sites for hydroxylation is 2. The molecule has 3 heterocycles. The number of fused-ring (bicyclic) bond motifs is 1. The molecular weight excluding hydrogens is 408 g/mol. The van der Waals surface area contributed by atoms with Crippen molar-refractivity contribution in [1.82, 2.24) is 19.6 Å². The van der Waals surface area contributed by atoms with Crippen molar-refractivity contribution in [2.45, 2.75) is 6.92 Å². The van der Waals surface area contributed by atoms with Crippen LogP contribution in [0.1, 0.15) is 39.0 Å². The molecule has 10 heteroatoms. The zero-order chi connectivity index (χ0) is 23.0. The Kier molecular flexibility index (Phi) is 5.21. The molecule has 0 saturated carbocycles. The topological polar surface area (TPSA) is 124 Å². The number of hydrogen-bond acceptors (Lipinski definition) is 6. The minimum Gasteiger partial charge on any atom is -0.306 e. The predicted octanol–water partition coefficient (Wildman–Crippen LogP) is 1.84. The van der Waals surface area contributed by atoms with Crippen LogP contribution in [0.2, 0.25) is 0 Å². The Hall–Kier alpha value is -4.44. The Balaban J connectivity index is 1.81. The second kappa shape index (κ2) is 8.00. The van der Waals surface area contributed by atoms with Crippen molar-refractivity contribution in [2.75, 3.05) is 22.9 Å². The van der Waals surface area contributed by atoms with Gasteiger partial charge in [-0.3, -0.25) is 19.0 Å². The Morgan fingerprint density at radius 3 is 1.66 bits per heavy atom. The molecule has 4 rings (SSSR count). The highest BCUT2D eigenvalue weighted by Crippen LogP contribution is 2.35. The highest BCUT2D eigenvalue weighted by atomic mass is 16.2. The lowest BCUT2D eigenvalue weighted by molar-refractivity contribution is 0.0981. The zero-order valence-electron chi connectivity index (χ0n) is 17.8. The molecule has 2 aromatic heterocycles. The van der Waals surface area contributed by atoms with Crippen LogP contribution in [0.25, 0.3) is 0 Å². The molecule has 0 bridgehead atoms. The van der Waals surface area contributed by atoms with Crippen molar-refractivity contribution in [3.05, 3.63) is 59.2 Å². The van der Waals surface area contributed by atoms with E-state index < -0.39 is 0 Å². The van der Waals surface area contributed by atoms with Gasteiger partial charge in [-0.05, 0) is 18.1 Å². The molecule has 0 aliphatic carbocycles. The van der Waals surface area contributed by atoms with E-state index >= 15 is 0 Å². The van der Waals surface area contributed by atoms with Gasteiger partial charge in [-0.25, -0.2) is 0 Å². The molecule has 1 aliphatic heterocycles. The SMILES string of the molecule is CC1CN(C(=O)c2cnn(C)c2C#N)c2ccccc2N(C(=O)c2cnn(C)c2C#N)C1. The summed E-state index contributed by atoms with van der Waals surface area (Å²) in [6.07, 6.45) is 2.77. The maximum absolute atomic E-state index is 13.5. The highest BCUT2D eigenvalue weighted by molar-refractivity contribution is 6.13. The number of carbonyl (C=O) groups excluding carboxylic acids is 2. The van der Waals surface area contributed by atoms with Crippen LogP contribution in [-0.2, 0) is 14.1 Å². The Bertz CT molecular complexity index is 1210. The van der Waals surface area contributed by atoms with Crippen molar-refractivity contribution in [3.63, 3.8) is 0 Å². The number of nitrogens with zero attached hydrogens (tertiary/aromatic N) is 8. The van der Waals surface area contributed by atoms with Crippen molar-refractivity contribution in [2.24, 2.45) is 20.0 Å². The van der Waals surface area contributed by atoms with Crippen molar-refractivity contribution >= 4 is 23.2 Å². The van der Waals surface area contributed by atoms with Gasteiger partial charge in [0.1, 0.15) is 12.1 Å². The van der Waals surface area contributed by atoms with Crippen molar-refractivity contribution in [1.29, 1.82) is 10.5 Å². The van der Waals surface area contributed by atoms with Crippen LogP contribution in [0.4, 0.5) is 11.4 Å². The lowest BCUT2D eigenvalue weighted by atomic mass is 10.1. The maximum Gasteiger partial charge on any atom is 0.262 e.